The van der Waals surface area contributed by atoms with E-state index < -0.39 is 12.1 Å². The number of fused-ring (bicyclic) bond motifs is 2. The van der Waals surface area contributed by atoms with E-state index in [0.29, 0.717) is 33.6 Å². The van der Waals surface area contributed by atoms with Gasteiger partial charge >= 0.3 is 5.97 Å². The Morgan fingerprint density at radius 3 is 2.68 bits per heavy atom. The zero-order valence-corrected chi connectivity index (χ0v) is 21.1. The van der Waals surface area contributed by atoms with Crippen molar-refractivity contribution in [2.75, 3.05) is 13.7 Å². The van der Waals surface area contributed by atoms with Crippen LogP contribution in [-0.4, -0.2) is 41.7 Å². The monoisotopic (exact) mass is 511 g/mol. The largest absolute Gasteiger partial charge is 0.493 e. The zero-order valence-electron chi connectivity index (χ0n) is 21.1. The Morgan fingerprint density at radius 2 is 1.89 bits per heavy atom. The van der Waals surface area contributed by atoms with Gasteiger partial charge in [0.05, 0.1) is 30.8 Å². The first kappa shape index (κ1) is 24.8. The zero-order chi connectivity index (χ0) is 26.6. The molecule has 9 nitrogen and oxygen atoms in total. The third kappa shape index (κ3) is 4.73. The van der Waals surface area contributed by atoms with Crippen molar-refractivity contribution >= 4 is 34.1 Å². The van der Waals surface area contributed by atoms with Crippen LogP contribution in [0.15, 0.2) is 87.1 Å². The van der Waals surface area contributed by atoms with Crippen LogP contribution < -0.4 is 15.0 Å². The van der Waals surface area contributed by atoms with E-state index >= 15 is 0 Å². The smallest absolute Gasteiger partial charge is 0.347 e. The fraction of sp³-hybridized carbons (Fsp3) is 0.172. The van der Waals surface area contributed by atoms with Crippen LogP contribution in [0, 0.1) is 0 Å². The average Bonchev–Trinajstić information content (AvgIpc) is 3.37. The lowest BCUT2D eigenvalue weighted by atomic mass is 10.2. The van der Waals surface area contributed by atoms with E-state index in [0.717, 1.165) is 5.39 Å². The normalized spacial score (nSPS) is 12.2. The molecule has 0 saturated carbocycles. The summed E-state index contributed by atoms with van der Waals surface area (Å²) in [4.78, 5) is 30.5. The molecule has 0 spiro atoms. The molecule has 3 aromatic carbocycles. The number of furan rings is 1. The van der Waals surface area contributed by atoms with E-state index in [2.05, 4.69) is 5.10 Å². The Hall–Kier alpha value is -4.92. The van der Waals surface area contributed by atoms with Crippen LogP contribution in [-0.2, 0) is 9.53 Å². The number of hydrogen-bond donors (Lipinski definition) is 0. The number of rotatable bonds is 8. The van der Waals surface area contributed by atoms with Gasteiger partial charge in [0.2, 0.25) is 5.82 Å². The van der Waals surface area contributed by atoms with Gasteiger partial charge in [-0.2, -0.15) is 9.78 Å². The first-order valence-corrected chi connectivity index (χ1v) is 12.1. The van der Waals surface area contributed by atoms with Crippen molar-refractivity contribution in [1.82, 2.24) is 9.66 Å². The quantitative estimate of drug-likeness (QED) is 0.212. The number of benzene rings is 3. The number of carbonyl (C=O) groups is 1. The summed E-state index contributed by atoms with van der Waals surface area (Å²) in [6, 6.07) is 21.6. The van der Waals surface area contributed by atoms with Crippen LogP contribution in [0.2, 0.25) is 0 Å². The number of carbonyl (C=O) groups excluding carboxylic acids is 1. The van der Waals surface area contributed by atoms with Crippen molar-refractivity contribution in [2.45, 2.75) is 20.0 Å². The molecule has 0 aliphatic carbocycles. The van der Waals surface area contributed by atoms with Crippen LogP contribution in [0.25, 0.3) is 33.5 Å². The van der Waals surface area contributed by atoms with Crippen LogP contribution in [0.5, 0.6) is 11.5 Å². The molecule has 9 heteroatoms. The van der Waals surface area contributed by atoms with Crippen molar-refractivity contribution in [3.05, 3.63) is 88.7 Å². The molecular weight excluding hydrogens is 486 g/mol. The summed E-state index contributed by atoms with van der Waals surface area (Å²) >= 11 is 0. The van der Waals surface area contributed by atoms with Crippen LogP contribution >= 0.6 is 0 Å². The van der Waals surface area contributed by atoms with Gasteiger partial charge in [-0.1, -0.05) is 36.4 Å². The summed E-state index contributed by atoms with van der Waals surface area (Å²) in [5, 5.41) is 5.78. The fourth-order valence-corrected chi connectivity index (χ4v) is 4.01. The van der Waals surface area contributed by atoms with Gasteiger partial charge in [-0.15, -0.1) is 0 Å². The first-order valence-electron chi connectivity index (χ1n) is 12.1. The van der Waals surface area contributed by atoms with Crippen LogP contribution in [0.4, 0.5) is 0 Å². The fourth-order valence-electron chi connectivity index (χ4n) is 4.01. The number of ether oxygens (including phenoxy) is 3. The van der Waals surface area contributed by atoms with Gasteiger partial charge in [-0.05, 0) is 50.2 Å². The second-order valence-electron chi connectivity index (χ2n) is 8.35. The highest BCUT2D eigenvalue weighted by atomic mass is 16.6. The van der Waals surface area contributed by atoms with Gasteiger partial charge in [0.1, 0.15) is 5.58 Å². The van der Waals surface area contributed by atoms with E-state index in [-0.39, 0.29) is 23.7 Å². The molecule has 0 fully saturated rings. The highest BCUT2D eigenvalue weighted by molar-refractivity contribution is 5.87. The predicted octanol–water partition coefficient (Wildman–Crippen LogP) is 5.03. The van der Waals surface area contributed by atoms with Gasteiger partial charge in [-0.3, -0.25) is 4.79 Å². The standard InChI is InChI=1S/C29H25N3O6/c1-4-36-29(34)18(2)37-26-20(11-9-15-24(26)35-3)17-30-32-27(25-16-19-10-5-8-14-23(19)38-25)31-22-13-7-6-12-21(22)28(32)33/h5-18H,4H2,1-3H3/t18-/m0/s1. The SMILES string of the molecule is CCOC(=O)[C@H](C)Oc1c(C=Nn2c(-c3cc4ccccc4o3)nc3ccccc3c2=O)cccc1OC. The molecule has 2 aromatic heterocycles. The van der Waals surface area contributed by atoms with Crippen LogP contribution in [0.1, 0.15) is 19.4 Å². The van der Waals surface area contributed by atoms with E-state index in [1.54, 1.807) is 50.2 Å². The highest BCUT2D eigenvalue weighted by Gasteiger charge is 2.21. The Morgan fingerprint density at radius 1 is 1.11 bits per heavy atom. The van der Waals surface area contributed by atoms with Crippen molar-refractivity contribution in [1.29, 1.82) is 0 Å². The average molecular weight is 512 g/mol. The molecule has 0 saturated heterocycles. The van der Waals surface area contributed by atoms with E-state index in [9.17, 15) is 9.59 Å². The topological polar surface area (TPSA) is 105 Å². The molecule has 0 aliphatic rings. The van der Waals surface area contributed by atoms with Gasteiger partial charge in [0.15, 0.2) is 23.4 Å². The Labute approximate surface area is 217 Å². The summed E-state index contributed by atoms with van der Waals surface area (Å²) in [7, 11) is 1.50. The molecule has 1 atom stereocenters. The molecule has 0 bridgehead atoms. The van der Waals surface area contributed by atoms with Crippen molar-refractivity contribution in [2.24, 2.45) is 5.10 Å². The minimum Gasteiger partial charge on any atom is -0.493 e. The van der Waals surface area contributed by atoms with E-state index in [1.165, 1.54) is 18.0 Å². The first-order chi connectivity index (χ1) is 18.5. The molecule has 38 heavy (non-hydrogen) atoms. The van der Waals surface area contributed by atoms with Crippen molar-refractivity contribution < 1.29 is 23.4 Å². The molecular formula is C29H25N3O6. The van der Waals surface area contributed by atoms with E-state index in [4.69, 9.17) is 23.6 Å². The summed E-state index contributed by atoms with van der Waals surface area (Å²) < 4.78 is 23.6. The Kier molecular flexibility index (Phi) is 6.90. The summed E-state index contributed by atoms with van der Waals surface area (Å²) in [6.45, 7) is 3.54. The maximum atomic E-state index is 13.6. The lowest BCUT2D eigenvalue weighted by molar-refractivity contribution is -0.150. The lowest BCUT2D eigenvalue weighted by Gasteiger charge is -2.17. The van der Waals surface area contributed by atoms with Crippen molar-refractivity contribution in [3.8, 4) is 23.1 Å². The third-order valence-electron chi connectivity index (χ3n) is 5.85. The highest BCUT2D eigenvalue weighted by Crippen LogP contribution is 2.32. The van der Waals surface area contributed by atoms with E-state index in [1.807, 2.05) is 36.4 Å². The maximum Gasteiger partial charge on any atom is 0.347 e. The molecule has 0 aliphatic heterocycles. The van der Waals surface area contributed by atoms with Gasteiger partial charge in [0, 0.05) is 10.9 Å². The Balaban J connectivity index is 1.64. The third-order valence-corrected chi connectivity index (χ3v) is 5.85. The van der Waals surface area contributed by atoms with Crippen molar-refractivity contribution in [3.63, 3.8) is 0 Å². The molecule has 0 radical (unpaired) electrons. The summed E-state index contributed by atoms with van der Waals surface area (Å²) in [5.41, 5.74) is 1.30. The molecule has 0 unspecified atom stereocenters. The molecule has 192 valence electrons. The number of nitrogens with zero attached hydrogens (tertiary/aromatic N) is 3. The molecule has 2 heterocycles. The Bertz CT molecular complexity index is 1690. The predicted molar refractivity (Wildman–Crippen MR) is 144 cm³/mol. The summed E-state index contributed by atoms with van der Waals surface area (Å²) in [6.07, 6.45) is 0.564. The van der Waals surface area contributed by atoms with Gasteiger partial charge in [-0.25, -0.2) is 9.78 Å². The molecule has 0 amide bonds. The second kappa shape index (κ2) is 10.6. The number of para-hydroxylation sites is 3. The maximum absolute atomic E-state index is 13.6. The number of aromatic nitrogens is 2. The number of esters is 1. The molecule has 5 aromatic rings. The van der Waals surface area contributed by atoms with Gasteiger partial charge < -0.3 is 18.6 Å². The lowest BCUT2D eigenvalue weighted by Crippen LogP contribution is -2.26. The summed E-state index contributed by atoms with van der Waals surface area (Å²) in [5.74, 6) is 0.803. The van der Waals surface area contributed by atoms with Crippen LogP contribution in [0.3, 0.4) is 0 Å². The van der Waals surface area contributed by atoms with Gasteiger partial charge in [0.25, 0.3) is 5.56 Å². The number of hydrogen-bond acceptors (Lipinski definition) is 8. The molecule has 5 rings (SSSR count). The minimum atomic E-state index is -0.894. The molecule has 0 N–H and O–H groups in total. The minimum absolute atomic E-state index is 0.231. The second-order valence-corrected chi connectivity index (χ2v) is 8.35. The number of methoxy groups -OCH3 is 1.